The van der Waals surface area contributed by atoms with Crippen molar-refractivity contribution in [2.75, 3.05) is 13.7 Å². The van der Waals surface area contributed by atoms with Gasteiger partial charge in [0.05, 0.1) is 19.3 Å². The van der Waals surface area contributed by atoms with Crippen molar-refractivity contribution >= 4 is 12.0 Å². The van der Waals surface area contributed by atoms with Crippen LogP contribution in [0.15, 0.2) is 24.3 Å². The van der Waals surface area contributed by atoms with Crippen molar-refractivity contribution in [3.8, 4) is 5.75 Å². The number of benzene rings is 1. The van der Waals surface area contributed by atoms with Crippen LogP contribution >= 0.6 is 0 Å². The summed E-state index contributed by atoms with van der Waals surface area (Å²) in [4.78, 5) is 27.0. The fraction of sp³-hybridized carbons (Fsp3) is 0.476. The minimum absolute atomic E-state index is 0.238. The Bertz CT molecular complexity index is 914. The molecule has 8 nitrogen and oxygen atoms in total. The molecular weight excluding hydrogens is 372 g/mol. The Balaban J connectivity index is 1.75. The number of methoxy groups -OCH3 is 1. The summed E-state index contributed by atoms with van der Waals surface area (Å²) < 4.78 is 12.4. The summed E-state index contributed by atoms with van der Waals surface area (Å²) in [5.74, 6) is 0.481. The van der Waals surface area contributed by atoms with Crippen molar-refractivity contribution in [2.45, 2.75) is 45.9 Å². The number of carbonyl (C=O) groups excluding carboxylic acids is 2. The Morgan fingerprint density at radius 1 is 1.24 bits per heavy atom. The Labute approximate surface area is 170 Å². The lowest BCUT2D eigenvalue weighted by Gasteiger charge is -2.29. The summed E-state index contributed by atoms with van der Waals surface area (Å²) >= 11 is 0. The molecule has 2 aromatic rings. The zero-order chi connectivity index (χ0) is 21.2. The number of fused-ring (bicyclic) bond motifs is 1. The molecule has 1 aliphatic rings. The van der Waals surface area contributed by atoms with Crippen molar-refractivity contribution in [2.24, 2.45) is 7.05 Å². The molecule has 0 radical (unpaired) electrons. The minimum atomic E-state index is -0.568. The second-order valence-electron chi connectivity index (χ2n) is 8.04. The van der Waals surface area contributed by atoms with Crippen LogP contribution in [0.4, 0.5) is 4.79 Å². The number of carbonyl (C=O) groups is 2. The van der Waals surface area contributed by atoms with Gasteiger partial charge in [-0.15, -0.1) is 0 Å². The summed E-state index contributed by atoms with van der Waals surface area (Å²) in [6, 6.07) is 7.54. The minimum Gasteiger partial charge on any atom is -0.496 e. The van der Waals surface area contributed by atoms with Gasteiger partial charge in [-0.1, -0.05) is 18.2 Å². The summed E-state index contributed by atoms with van der Waals surface area (Å²) in [5.41, 5.74) is 2.39. The van der Waals surface area contributed by atoms with Gasteiger partial charge in [-0.05, 0) is 26.8 Å². The summed E-state index contributed by atoms with van der Waals surface area (Å²) in [7, 11) is 3.34. The molecule has 0 unspecified atom stereocenters. The summed E-state index contributed by atoms with van der Waals surface area (Å²) in [5, 5.41) is 7.42. The van der Waals surface area contributed by atoms with E-state index >= 15 is 0 Å². The molecule has 1 N–H and O–H groups in total. The number of hydrogen-bond donors (Lipinski definition) is 1. The van der Waals surface area contributed by atoms with Crippen LogP contribution < -0.4 is 10.1 Å². The smallest absolute Gasteiger partial charge is 0.410 e. The number of nitrogens with zero attached hydrogens (tertiary/aromatic N) is 3. The van der Waals surface area contributed by atoms with Crippen LogP contribution in [-0.4, -0.2) is 45.9 Å². The molecule has 0 atom stereocenters. The fourth-order valence-electron chi connectivity index (χ4n) is 3.38. The van der Waals surface area contributed by atoms with Gasteiger partial charge in [-0.25, -0.2) is 4.79 Å². The van der Waals surface area contributed by atoms with E-state index in [-0.39, 0.29) is 12.0 Å². The van der Waals surface area contributed by atoms with Crippen LogP contribution in [-0.2, 0) is 31.3 Å². The van der Waals surface area contributed by atoms with Gasteiger partial charge < -0.3 is 19.7 Å². The standard InChI is InChI=1S/C21H28N4O4/c1-21(2,3)29-20(27)25-11-10-16-15(13-25)18(24(4)23-16)19(26)22-12-14-8-6-7-9-17(14)28-5/h6-9H,10-13H2,1-5H3,(H,22,26). The van der Waals surface area contributed by atoms with E-state index in [9.17, 15) is 9.59 Å². The molecule has 0 spiro atoms. The van der Waals surface area contributed by atoms with Gasteiger partial charge in [0.25, 0.3) is 5.91 Å². The first-order valence-electron chi connectivity index (χ1n) is 9.62. The summed E-state index contributed by atoms with van der Waals surface area (Å²) in [6.07, 6.45) is 0.203. The highest BCUT2D eigenvalue weighted by molar-refractivity contribution is 5.94. The van der Waals surface area contributed by atoms with Gasteiger partial charge in [0.15, 0.2) is 0 Å². The van der Waals surface area contributed by atoms with E-state index in [0.717, 1.165) is 22.6 Å². The maximum atomic E-state index is 12.9. The van der Waals surface area contributed by atoms with Crippen LogP contribution in [0.2, 0.25) is 0 Å². The lowest BCUT2D eigenvalue weighted by Crippen LogP contribution is -2.40. The van der Waals surface area contributed by atoms with Gasteiger partial charge >= 0.3 is 6.09 Å². The molecule has 0 bridgehead atoms. The largest absolute Gasteiger partial charge is 0.496 e. The Morgan fingerprint density at radius 3 is 2.66 bits per heavy atom. The second kappa shape index (κ2) is 8.14. The molecule has 1 aromatic carbocycles. The zero-order valence-corrected chi connectivity index (χ0v) is 17.6. The second-order valence-corrected chi connectivity index (χ2v) is 8.04. The fourth-order valence-corrected chi connectivity index (χ4v) is 3.38. The third-order valence-corrected chi connectivity index (χ3v) is 4.69. The van der Waals surface area contributed by atoms with Crippen molar-refractivity contribution in [1.29, 1.82) is 0 Å². The number of ether oxygens (including phenoxy) is 2. The van der Waals surface area contributed by atoms with Gasteiger partial charge in [0.1, 0.15) is 17.0 Å². The monoisotopic (exact) mass is 400 g/mol. The molecule has 1 aliphatic heterocycles. The zero-order valence-electron chi connectivity index (χ0n) is 17.6. The molecule has 2 heterocycles. The lowest BCUT2D eigenvalue weighted by atomic mass is 10.1. The topological polar surface area (TPSA) is 85.7 Å². The van der Waals surface area contributed by atoms with Gasteiger partial charge in [0, 0.05) is 37.7 Å². The number of rotatable bonds is 4. The predicted octanol–water partition coefficient (Wildman–Crippen LogP) is 2.65. The molecule has 2 amide bonds. The van der Waals surface area contributed by atoms with E-state index in [2.05, 4.69) is 10.4 Å². The predicted molar refractivity (Wildman–Crippen MR) is 108 cm³/mol. The van der Waals surface area contributed by atoms with Crippen LogP contribution in [0.3, 0.4) is 0 Å². The molecular formula is C21H28N4O4. The average Bonchev–Trinajstić information content (AvgIpc) is 2.99. The number of nitrogens with one attached hydrogen (secondary N) is 1. The van der Waals surface area contributed by atoms with Gasteiger partial charge in [-0.3, -0.25) is 9.48 Å². The van der Waals surface area contributed by atoms with Gasteiger partial charge in [0.2, 0.25) is 0 Å². The van der Waals surface area contributed by atoms with E-state index in [4.69, 9.17) is 9.47 Å². The first-order chi connectivity index (χ1) is 13.7. The van der Waals surface area contributed by atoms with E-state index in [1.165, 1.54) is 0 Å². The molecule has 1 aromatic heterocycles. The highest BCUT2D eigenvalue weighted by atomic mass is 16.6. The Morgan fingerprint density at radius 2 is 1.97 bits per heavy atom. The lowest BCUT2D eigenvalue weighted by molar-refractivity contribution is 0.0222. The molecule has 156 valence electrons. The number of hydrogen-bond acceptors (Lipinski definition) is 5. The highest BCUT2D eigenvalue weighted by Gasteiger charge is 2.31. The first kappa shape index (κ1) is 20.7. The molecule has 0 aliphatic carbocycles. The molecule has 0 saturated heterocycles. The third-order valence-electron chi connectivity index (χ3n) is 4.69. The molecule has 0 saturated carbocycles. The van der Waals surface area contributed by atoms with Crippen molar-refractivity contribution < 1.29 is 19.1 Å². The maximum absolute atomic E-state index is 12.9. The SMILES string of the molecule is COc1ccccc1CNC(=O)c1c2c(nn1C)CCN(C(=O)OC(C)(C)C)C2. The molecule has 8 heteroatoms. The van der Waals surface area contributed by atoms with Crippen LogP contribution in [0, 0.1) is 0 Å². The van der Waals surface area contributed by atoms with Crippen LogP contribution in [0.25, 0.3) is 0 Å². The molecule has 29 heavy (non-hydrogen) atoms. The van der Waals surface area contributed by atoms with Crippen molar-refractivity contribution in [3.63, 3.8) is 0 Å². The van der Waals surface area contributed by atoms with E-state index in [0.29, 0.717) is 31.7 Å². The number of amides is 2. The maximum Gasteiger partial charge on any atom is 0.410 e. The van der Waals surface area contributed by atoms with E-state index in [1.807, 2.05) is 45.0 Å². The van der Waals surface area contributed by atoms with Gasteiger partial charge in [-0.2, -0.15) is 5.10 Å². The number of aryl methyl sites for hydroxylation is 1. The van der Waals surface area contributed by atoms with Crippen LogP contribution in [0.1, 0.15) is 48.1 Å². The Kier molecular flexibility index (Phi) is 5.81. The average molecular weight is 400 g/mol. The van der Waals surface area contributed by atoms with Crippen molar-refractivity contribution in [1.82, 2.24) is 20.0 Å². The third kappa shape index (κ3) is 4.70. The first-order valence-corrected chi connectivity index (χ1v) is 9.62. The van der Waals surface area contributed by atoms with Crippen LogP contribution in [0.5, 0.6) is 5.75 Å². The number of aromatic nitrogens is 2. The quantitative estimate of drug-likeness (QED) is 0.853. The number of para-hydroxylation sites is 1. The van der Waals surface area contributed by atoms with E-state index in [1.54, 1.807) is 23.7 Å². The normalized spacial score (nSPS) is 13.6. The van der Waals surface area contributed by atoms with E-state index < -0.39 is 5.60 Å². The Hall–Kier alpha value is -3.03. The summed E-state index contributed by atoms with van der Waals surface area (Å²) in [6.45, 7) is 6.65. The molecule has 0 fully saturated rings. The highest BCUT2D eigenvalue weighted by Crippen LogP contribution is 2.24. The van der Waals surface area contributed by atoms with Crippen molar-refractivity contribution in [3.05, 3.63) is 46.8 Å². The molecule has 3 rings (SSSR count).